The Morgan fingerprint density at radius 1 is 1.17 bits per heavy atom. The van der Waals surface area contributed by atoms with Gasteiger partial charge >= 0.3 is 0 Å². The van der Waals surface area contributed by atoms with Crippen molar-refractivity contribution in [1.29, 1.82) is 0 Å². The fraction of sp³-hybridized carbons (Fsp3) is 0.571. The van der Waals surface area contributed by atoms with Crippen LogP contribution in [0, 0.1) is 0 Å². The second-order valence-corrected chi connectivity index (χ2v) is 4.07. The second kappa shape index (κ2) is 8.08. The lowest BCUT2D eigenvalue weighted by atomic mass is 10.1. The number of rotatable bonds is 8. The largest absolute Gasteiger partial charge is 0.377 e. The number of anilines is 1. The van der Waals surface area contributed by atoms with E-state index in [1.165, 1.54) is 0 Å². The van der Waals surface area contributed by atoms with Crippen LogP contribution in [0.25, 0.3) is 0 Å². The Kier molecular flexibility index (Phi) is 6.72. The molecular formula is C14H23NO3. The zero-order valence-electron chi connectivity index (χ0n) is 11.6. The number of ether oxygens (including phenoxy) is 3. The molecule has 4 nitrogen and oxygen atoms in total. The molecule has 18 heavy (non-hydrogen) atoms. The van der Waals surface area contributed by atoms with E-state index in [9.17, 15) is 0 Å². The van der Waals surface area contributed by atoms with Gasteiger partial charge in [0.25, 0.3) is 0 Å². The Morgan fingerprint density at radius 3 is 2.44 bits per heavy atom. The fourth-order valence-corrected chi connectivity index (χ4v) is 1.82. The van der Waals surface area contributed by atoms with Crippen LogP contribution in [0.3, 0.4) is 0 Å². The quantitative estimate of drug-likeness (QED) is 0.723. The summed E-state index contributed by atoms with van der Waals surface area (Å²) in [4.78, 5) is 0. The molecule has 4 heteroatoms. The highest BCUT2D eigenvalue weighted by Gasteiger charge is 2.16. The summed E-state index contributed by atoms with van der Waals surface area (Å²) in [6, 6.07) is 8.16. The van der Waals surface area contributed by atoms with E-state index in [1.807, 2.05) is 32.0 Å². The van der Waals surface area contributed by atoms with Gasteiger partial charge in [0.2, 0.25) is 0 Å². The van der Waals surface area contributed by atoms with Crippen molar-refractivity contribution in [1.82, 2.24) is 0 Å². The third-order valence-electron chi connectivity index (χ3n) is 2.74. The van der Waals surface area contributed by atoms with E-state index in [-0.39, 0.29) is 12.3 Å². The van der Waals surface area contributed by atoms with Crippen LogP contribution in [0.1, 0.15) is 19.4 Å². The van der Waals surface area contributed by atoms with E-state index in [0.29, 0.717) is 13.2 Å². The van der Waals surface area contributed by atoms with Crippen LogP contribution >= 0.6 is 0 Å². The normalized spacial score (nSPS) is 12.7. The first-order valence-electron chi connectivity index (χ1n) is 6.20. The van der Waals surface area contributed by atoms with Crippen LogP contribution in [-0.2, 0) is 20.8 Å². The molecule has 0 aliphatic carbocycles. The third-order valence-corrected chi connectivity index (χ3v) is 2.74. The maximum atomic E-state index is 5.45. The smallest absolute Gasteiger partial charge is 0.176 e. The van der Waals surface area contributed by atoms with Crippen LogP contribution in [0.5, 0.6) is 0 Å². The molecule has 1 rings (SSSR count). The summed E-state index contributed by atoms with van der Waals surface area (Å²) >= 11 is 0. The molecule has 1 atom stereocenters. The van der Waals surface area contributed by atoms with Crippen molar-refractivity contribution in [3.05, 3.63) is 29.8 Å². The summed E-state index contributed by atoms with van der Waals surface area (Å²) < 4.78 is 15.9. The number of nitrogens with one attached hydrogen (secondary N) is 1. The van der Waals surface area contributed by atoms with E-state index in [2.05, 4.69) is 11.4 Å². The standard InChI is InChI=1S/C14H23NO3/c1-5-18-10-12-8-6-7-9-13(12)15-11(2)14(16-3)17-4/h6-9,11,14-15H,5,10H2,1-4H3. The zero-order valence-corrected chi connectivity index (χ0v) is 11.6. The van der Waals surface area contributed by atoms with Gasteiger partial charge in [0.1, 0.15) is 0 Å². The lowest BCUT2D eigenvalue weighted by Gasteiger charge is -2.24. The first-order chi connectivity index (χ1) is 8.72. The molecule has 0 aliphatic heterocycles. The van der Waals surface area contributed by atoms with E-state index in [0.717, 1.165) is 11.3 Å². The maximum absolute atomic E-state index is 5.45. The number of methoxy groups -OCH3 is 2. The molecule has 1 N–H and O–H groups in total. The molecule has 0 aromatic heterocycles. The topological polar surface area (TPSA) is 39.7 Å². The molecular weight excluding hydrogens is 230 g/mol. The molecule has 0 saturated carbocycles. The van der Waals surface area contributed by atoms with E-state index in [4.69, 9.17) is 14.2 Å². The Bertz CT molecular complexity index is 340. The van der Waals surface area contributed by atoms with Gasteiger partial charge in [-0.2, -0.15) is 0 Å². The third kappa shape index (κ3) is 4.29. The molecule has 1 unspecified atom stereocenters. The van der Waals surface area contributed by atoms with Crippen LogP contribution in [-0.4, -0.2) is 33.2 Å². The van der Waals surface area contributed by atoms with Gasteiger partial charge in [-0.1, -0.05) is 18.2 Å². The predicted molar refractivity (Wildman–Crippen MR) is 72.7 cm³/mol. The molecule has 0 spiro atoms. The highest BCUT2D eigenvalue weighted by molar-refractivity contribution is 5.51. The van der Waals surface area contributed by atoms with Gasteiger partial charge in [-0.3, -0.25) is 0 Å². The second-order valence-electron chi connectivity index (χ2n) is 4.07. The van der Waals surface area contributed by atoms with Crippen molar-refractivity contribution in [2.24, 2.45) is 0 Å². The lowest BCUT2D eigenvalue weighted by Crippen LogP contribution is -2.34. The first-order valence-corrected chi connectivity index (χ1v) is 6.20. The van der Waals surface area contributed by atoms with Crippen LogP contribution < -0.4 is 5.32 Å². The average Bonchev–Trinajstić information content (AvgIpc) is 2.39. The summed E-state index contributed by atoms with van der Waals surface area (Å²) in [5.74, 6) is 0. The summed E-state index contributed by atoms with van der Waals surface area (Å²) in [5, 5.41) is 3.39. The number of hydrogen-bond donors (Lipinski definition) is 1. The van der Waals surface area contributed by atoms with Gasteiger partial charge in [-0.05, 0) is 19.9 Å². The minimum Gasteiger partial charge on any atom is -0.377 e. The van der Waals surface area contributed by atoms with E-state index < -0.39 is 0 Å². The molecule has 1 aromatic carbocycles. The molecule has 0 bridgehead atoms. The zero-order chi connectivity index (χ0) is 13.4. The van der Waals surface area contributed by atoms with Crippen molar-refractivity contribution in [2.75, 3.05) is 26.1 Å². The van der Waals surface area contributed by atoms with Crippen molar-refractivity contribution in [3.63, 3.8) is 0 Å². The maximum Gasteiger partial charge on any atom is 0.176 e. The highest BCUT2D eigenvalue weighted by Crippen LogP contribution is 2.18. The molecule has 0 aliphatic rings. The number of para-hydroxylation sites is 1. The molecule has 1 aromatic rings. The predicted octanol–water partition coefficient (Wildman–Crippen LogP) is 2.64. The van der Waals surface area contributed by atoms with Crippen molar-refractivity contribution < 1.29 is 14.2 Å². The number of benzene rings is 1. The van der Waals surface area contributed by atoms with E-state index in [1.54, 1.807) is 14.2 Å². The Morgan fingerprint density at radius 2 is 1.83 bits per heavy atom. The molecule has 0 saturated heterocycles. The fourth-order valence-electron chi connectivity index (χ4n) is 1.82. The van der Waals surface area contributed by atoms with Gasteiger partial charge < -0.3 is 19.5 Å². The van der Waals surface area contributed by atoms with Gasteiger partial charge in [0, 0.05) is 32.1 Å². The Labute approximate surface area is 109 Å². The molecule has 0 fully saturated rings. The summed E-state index contributed by atoms with van der Waals surface area (Å²) in [6.07, 6.45) is -0.273. The minimum atomic E-state index is -0.273. The summed E-state index contributed by atoms with van der Waals surface area (Å²) in [7, 11) is 3.27. The van der Waals surface area contributed by atoms with Gasteiger partial charge in [-0.25, -0.2) is 0 Å². The van der Waals surface area contributed by atoms with Gasteiger partial charge in [-0.15, -0.1) is 0 Å². The van der Waals surface area contributed by atoms with Crippen LogP contribution in [0.4, 0.5) is 5.69 Å². The highest BCUT2D eigenvalue weighted by atomic mass is 16.7. The SMILES string of the molecule is CCOCc1ccccc1NC(C)C(OC)OC. The van der Waals surface area contributed by atoms with Crippen LogP contribution in [0.15, 0.2) is 24.3 Å². The first kappa shape index (κ1) is 15.0. The molecule has 0 radical (unpaired) electrons. The van der Waals surface area contributed by atoms with Crippen molar-refractivity contribution >= 4 is 5.69 Å². The van der Waals surface area contributed by atoms with Gasteiger partial charge in [0.15, 0.2) is 6.29 Å². The average molecular weight is 253 g/mol. The minimum absolute atomic E-state index is 0.0581. The number of hydrogen-bond acceptors (Lipinski definition) is 4. The monoisotopic (exact) mass is 253 g/mol. The molecule has 0 amide bonds. The van der Waals surface area contributed by atoms with E-state index >= 15 is 0 Å². The Hall–Kier alpha value is -1.10. The van der Waals surface area contributed by atoms with Gasteiger partial charge in [0.05, 0.1) is 12.6 Å². The van der Waals surface area contributed by atoms with Crippen LogP contribution in [0.2, 0.25) is 0 Å². The molecule has 102 valence electrons. The van der Waals surface area contributed by atoms with Crippen molar-refractivity contribution in [2.45, 2.75) is 32.8 Å². The summed E-state index contributed by atoms with van der Waals surface area (Å²) in [6.45, 7) is 5.33. The summed E-state index contributed by atoms with van der Waals surface area (Å²) in [5.41, 5.74) is 2.19. The lowest BCUT2D eigenvalue weighted by molar-refractivity contribution is -0.109. The van der Waals surface area contributed by atoms with Crippen molar-refractivity contribution in [3.8, 4) is 0 Å². The Balaban J connectivity index is 2.70. The molecule has 0 heterocycles.